The molecular formula is C16H26N4O2. The van der Waals surface area contributed by atoms with Crippen molar-refractivity contribution in [1.29, 1.82) is 0 Å². The predicted molar refractivity (Wildman–Crippen MR) is 83.4 cm³/mol. The predicted octanol–water partition coefficient (Wildman–Crippen LogP) is 1.19. The van der Waals surface area contributed by atoms with Crippen LogP contribution >= 0.6 is 0 Å². The molecule has 2 aliphatic rings. The highest BCUT2D eigenvalue weighted by atomic mass is 16.5. The Morgan fingerprint density at radius 1 is 1.41 bits per heavy atom. The minimum Gasteiger partial charge on any atom is -0.368 e. The zero-order valence-corrected chi connectivity index (χ0v) is 13.6. The number of carbonyl (C=O) groups is 1. The lowest BCUT2D eigenvalue weighted by Gasteiger charge is -2.41. The second-order valence-corrected chi connectivity index (χ2v) is 6.18. The van der Waals surface area contributed by atoms with Gasteiger partial charge in [-0.05, 0) is 25.8 Å². The second-order valence-electron chi connectivity index (χ2n) is 6.18. The molecular weight excluding hydrogens is 280 g/mol. The summed E-state index contributed by atoms with van der Waals surface area (Å²) in [4.78, 5) is 21.6. The number of hydrogen-bond donors (Lipinski definition) is 0. The first-order chi connectivity index (χ1) is 10.7. The lowest BCUT2D eigenvalue weighted by Crippen LogP contribution is -2.53. The monoisotopic (exact) mass is 306 g/mol. The fraction of sp³-hybridized carbons (Fsp3) is 0.750. The summed E-state index contributed by atoms with van der Waals surface area (Å²) < 4.78 is 7.72. The summed E-state index contributed by atoms with van der Waals surface area (Å²) in [6.07, 6.45) is 6.59. The molecule has 0 bridgehead atoms. The molecule has 0 spiro atoms. The third kappa shape index (κ3) is 3.03. The van der Waals surface area contributed by atoms with Crippen molar-refractivity contribution in [2.45, 2.75) is 38.3 Å². The number of rotatable bonds is 3. The van der Waals surface area contributed by atoms with Gasteiger partial charge in [0.05, 0.1) is 6.04 Å². The largest absolute Gasteiger partial charge is 0.368 e. The molecule has 1 aromatic heterocycles. The Morgan fingerprint density at radius 3 is 2.91 bits per heavy atom. The highest BCUT2D eigenvalue weighted by molar-refractivity contribution is 5.81. The third-order valence-electron chi connectivity index (χ3n) is 4.82. The fourth-order valence-electron chi connectivity index (χ4n) is 3.48. The van der Waals surface area contributed by atoms with E-state index >= 15 is 0 Å². The molecule has 0 aromatic carbocycles. The summed E-state index contributed by atoms with van der Waals surface area (Å²) >= 11 is 0. The van der Waals surface area contributed by atoms with Gasteiger partial charge in [-0.25, -0.2) is 4.98 Å². The van der Waals surface area contributed by atoms with Gasteiger partial charge in [-0.15, -0.1) is 0 Å². The molecule has 2 saturated heterocycles. The molecule has 0 saturated carbocycles. The van der Waals surface area contributed by atoms with Gasteiger partial charge in [-0.3, -0.25) is 9.69 Å². The summed E-state index contributed by atoms with van der Waals surface area (Å²) in [6.45, 7) is 6.24. The van der Waals surface area contributed by atoms with Crippen LogP contribution in [-0.2, 0) is 16.6 Å². The molecule has 6 nitrogen and oxygen atoms in total. The van der Waals surface area contributed by atoms with Crippen molar-refractivity contribution < 1.29 is 9.53 Å². The lowest BCUT2D eigenvalue weighted by molar-refractivity contribution is -0.149. The molecule has 122 valence electrons. The first-order valence-corrected chi connectivity index (χ1v) is 8.32. The standard InChI is InChI=1S/C16H26N4O2/c1-3-19-9-10-20(16(21)14-6-4-5-11-22-14)12-13(19)15-17-7-8-18(15)2/h7-8,13-14H,3-6,9-12H2,1-2H3/t13-,14-/m1/s1. The topological polar surface area (TPSA) is 50.6 Å². The average Bonchev–Trinajstić information content (AvgIpc) is 3.00. The summed E-state index contributed by atoms with van der Waals surface area (Å²) in [5.74, 6) is 1.19. The highest BCUT2D eigenvalue weighted by Crippen LogP contribution is 2.25. The first kappa shape index (κ1) is 15.5. The van der Waals surface area contributed by atoms with E-state index < -0.39 is 0 Å². The van der Waals surface area contributed by atoms with E-state index in [2.05, 4.69) is 21.4 Å². The van der Waals surface area contributed by atoms with Gasteiger partial charge in [-0.2, -0.15) is 0 Å². The normalized spacial score (nSPS) is 27.1. The van der Waals surface area contributed by atoms with Crippen LogP contribution in [0.2, 0.25) is 0 Å². The van der Waals surface area contributed by atoms with Crippen LogP contribution in [0, 0.1) is 0 Å². The van der Waals surface area contributed by atoms with Gasteiger partial charge >= 0.3 is 0 Å². The summed E-state index contributed by atoms with van der Waals surface area (Å²) in [6, 6.07) is 0.172. The number of piperazine rings is 1. The molecule has 2 fully saturated rings. The van der Waals surface area contributed by atoms with Gasteiger partial charge in [0, 0.05) is 45.7 Å². The minimum absolute atomic E-state index is 0.162. The van der Waals surface area contributed by atoms with Crippen molar-refractivity contribution in [3.8, 4) is 0 Å². The maximum Gasteiger partial charge on any atom is 0.251 e. The molecule has 0 unspecified atom stereocenters. The van der Waals surface area contributed by atoms with Crippen LogP contribution in [0.1, 0.15) is 38.1 Å². The number of likely N-dealkylation sites (N-methyl/N-ethyl adjacent to an activating group) is 1. The molecule has 6 heteroatoms. The maximum absolute atomic E-state index is 12.7. The van der Waals surface area contributed by atoms with E-state index in [1.54, 1.807) is 0 Å². The number of aryl methyl sites for hydroxylation is 1. The smallest absolute Gasteiger partial charge is 0.251 e. The minimum atomic E-state index is -0.232. The molecule has 0 aliphatic carbocycles. The van der Waals surface area contributed by atoms with Gasteiger partial charge in [-0.1, -0.05) is 6.92 Å². The Bertz CT molecular complexity index is 510. The molecule has 1 aromatic rings. The first-order valence-electron chi connectivity index (χ1n) is 8.32. The van der Waals surface area contributed by atoms with Crippen molar-refractivity contribution in [3.63, 3.8) is 0 Å². The van der Waals surface area contributed by atoms with Crippen LogP contribution in [0.3, 0.4) is 0 Å². The van der Waals surface area contributed by atoms with Crippen LogP contribution in [0.5, 0.6) is 0 Å². The molecule has 3 heterocycles. The molecule has 2 aliphatic heterocycles. The lowest BCUT2D eigenvalue weighted by atomic mass is 10.1. The van der Waals surface area contributed by atoms with E-state index in [1.165, 1.54) is 0 Å². The van der Waals surface area contributed by atoms with Crippen LogP contribution in [-0.4, -0.2) is 64.1 Å². The Balaban J connectivity index is 1.72. The van der Waals surface area contributed by atoms with Crippen LogP contribution in [0.4, 0.5) is 0 Å². The zero-order valence-electron chi connectivity index (χ0n) is 13.6. The van der Waals surface area contributed by atoms with Gasteiger partial charge in [0.1, 0.15) is 11.9 Å². The van der Waals surface area contributed by atoms with E-state index in [-0.39, 0.29) is 18.1 Å². The second kappa shape index (κ2) is 6.79. The van der Waals surface area contributed by atoms with Crippen molar-refractivity contribution >= 4 is 5.91 Å². The third-order valence-corrected chi connectivity index (χ3v) is 4.82. The van der Waals surface area contributed by atoms with Crippen LogP contribution < -0.4 is 0 Å². The number of nitrogens with zero attached hydrogens (tertiary/aromatic N) is 4. The molecule has 3 rings (SSSR count). The number of amides is 1. The van der Waals surface area contributed by atoms with E-state index in [1.807, 2.05) is 24.3 Å². The van der Waals surface area contributed by atoms with Gasteiger partial charge < -0.3 is 14.2 Å². The number of aromatic nitrogens is 2. The molecule has 22 heavy (non-hydrogen) atoms. The fourth-order valence-corrected chi connectivity index (χ4v) is 3.48. The Labute approximate surface area is 132 Å². The van der Waals surface area contributed by atoms with Gasteiger partial charge in [0.15, 0.2) is 0 Å². The van der Waals surface area contributed by atoms with E-state index in [4.69, 9.17) is 4.74 Å². The highest BCUT2D eigenvalue weighted by Gasteiger charge is 2.35. The Hall–Kier alpha value is -1.40. The summed E-state index contributed by atoms with van der Waals surface area (Å²) in [7, 11) is 2.02. The van der Waals surface area contributed by atoms with E-state index in [9.17, 15) is 4.79 Å². The molecule has 0 N–H and O–H groups in total. The number of hydrogen-bond acceptors (Lipinski definition) is 4. The summed E-state index contributed by atoms with van der Waals surface area (Å²) in [5, 5.41) is 0. The Morgan fingerprint density at radius 2 is 2.27 bits per heavy atom. The van der Waals surface area contributed by atoms with E-state index in [0.29, 0.717) is 13.2 Å². The quantitative estimate of drug-likeness (QED) is 0.842. The summed E-state index contributed by atoms with van der Waals surface area (Å²) in [5.41, 5.74) is 0. The SMILES string of the molecule is CCN1CCN(C(=O)[C@H]2CCCCO2)C[C@@H]1c1nccn1C. The van der Waals surface area contributed by atoms with Crippen LogP contribution in [0.25, 0.3) is 0 Å². The van der Waals surface area contributed by atoms with Crippen molar-refractivity contribution in [3.05, 3.63) is 18.2 Å². The van der Waals surface area contributed by atoms with Gasteiger partial charge in [0.2, 0.25) is 0 Å². The Kier molecular flexibility index (Phi) is 4.78. The molecule has 1 amide bonds. The van der Waals surface area contributed by atoms with Crippen molar-refractivity contribution in [2.24, 2.45) is 7.05 Å². The van der Waals surface area contributed by atoms with E-state index in [0.717, 1.165) is 44.7 Å². The molecule has 0 radical (unpaired) electrons. The average molecular weight is 306 g/mol. The molecule has 2 atom stereocenters. The maximum atomic E-state index is 12.7. The zero-order chi connectivity index (χ0) is 15.5. The van der Waals surface area contributed by atoms with Gasteiger partial charge in [0.25, 0.3) is 5.91 Å². The number of imidazole rings is 1. The number of carbonyl (C=O) groups excluding carboxylic acids is 1. The number of ether oxygens (including phenoxy) is 1. The van der Waals surface area contributed by atoms with Crippen molar-refractivity contribution in [2.75, 3.05) is 32.8 Å². The van der Waals surface area contributed by atoms with Crippen LogP contribution in [0.15, 0.2) is 12.4 Å². The van der Waals surface area contributed by atoms with Crippen molar-refractivity contribution in [1.82, 2.24) is 19.4 Å².